The second kappa shape index (κ2) is 10.5. The fourth-order valence-electron chi connectivity index (χ4n) is 4.23. The van der Waals surface area contributed by atoms with Crippen LogP contribution < -0.4 is 5.32 Å². The molecule has 2 saturated carbocycles. The topological polar surface area (TPSA) is 138 Å². The maximum Gasteiger partial charge on any atom is 0.191 e. The summed E-state index contributed by atoms with van der Waals surface area (Å²) in [6.45, 7) is -0.181. The van der Waals surface area contributed by atoms with Gasteiger partial charge in [-0.2, -0.15) is 0 Å². The first kappa shape index (κ1) is 18.8. The van der Waals surface area contributed by atoms with Crippen molar-refractivity contribution < 1.29 is 32.7 Å². The third kappa shape index (κ3) is 4.92. The average Bonchev–Trinajstić information content (AvgIpc) is 3.15. The van der Waals surface area contributed by atoms with Crippen LogP contribution in [0.3, 0.4) is 0 Å². The van der Waals surface area contributed by atoms with Gasteiger partial charge in [-0.25, -0.2) is 19.0 Å². The van der Waals surface area contributed by atoms with Gasteiger partial charge in [-0.05, 0) is 37.0 Å². The van der Waals surface area contributed by atoms with Gasteiger partial charge in [0.1, 0.15) is 18.0 Å². The molecule has 4 N–H and O–H groups in total. The van der Waals surface area contributed by atoms with Gasteiger partial charge in [0.05, 0.1) is 29.4 Å². The molecule has 2 aliphatic carbocycles. The number of aromatic nitrogens is 5. The number of nitrogens with one attached hydrogen (secondary N) is 1. The minimum absolute atomic E-state index is 0.0141. The van der Waals surface area contributed by atoms with Crippen LogP contribution in [0.4, 0.5) is 10.2 Å². The highest BCUT2D eigenvalue weighted by Gasteiger charge is 2.45. The summed E-state index contributed by atoms with van der Waals surface area (Å²) in [6, 6.07) is 1.72. The quantitative estimate of drug-likeness (QED) is 0.231. The number of fused-ring (bicyclic) bond motifs is 1. The van der Waals surface area contributed by atoms with Crippen LogP contribution >= 0.6 is 11.8 Å². The van der Waals surface area contributed by atoms with Crippen molar-refractivity contribution in [2.24, 2.45) is 0 Å². The van der Waals surface area contributed by atoms with E-state index in [4.69, 9.17) is 13.0 Å². The van der Waals surface area contributed by atoms with Gasteiger partial charge in [0.15, 0.2) is 22.1 Å². The Balaban J connectivity index is 1.52. The molecule has 0 radical (unpaired) electrons. The standard InChI is InChI=1S/C24H31FN6O4S/c1-3-8-36-24-27-22(26-16-10-14(16)13-5-4-12(2)15(25)9-13)19-23(28-24)31(30-29-19)17-11-18(35-7-6-32)21(34)20(17)33/h4-5,9,14,16-18,20-21,32-34H,3,6-8,10-11H2,1-2H3,(H,26,27,28)/t14-,16+,17+,18-,20-,21+/m0/s1/i7D2,8D2,14D,16D. The summed E-state index contributed by atoms with van der Waals surface area (Å²) in [5.74, 6) is -2.04. The average molecular weight is 525 g/mol. The summed E-state index contributed by atoms with van der Waals surface area (Å²) in [5.41, 5.74) is -0.977. The van der Waals surface area contributed by atoms with Gasteiger partial charge < -0.3 is 25.4 Å². The van der Waals surface area contributed by atoms with E-state index in [2.05, 4.69) is 25.6 Å². The second-order valence-electron chi connectivity index (χ2n) is 8.63. The molecule has 0 bridgehead atoms. The molecule has 2 aliphatic rings. The van der Waals surface area contributed by atoms with E-state index in [9.17, 15) is 19.7 Å². The molecule has 0 amide bonds. The van der Waals surface area contributed by atoms with Crippen molar-refractivity contribution in [1.29, 1.82) is 0 Å². The van der Waals surface area contributed by atoms with Gasteiger partial charge in [0.25, 0.3) is 0 Å². The van der Waals surface area contributed by atoms with Gasteiger partial charge >= 0.3 is 0 Å². The van der Waals surface area contributed by atoms with Crippen LogP contribution in [-0.4, -0.2) is 83.5 Å². The van der Waals surface area contributed by atoms with Gasteiger partial charge in [-0.1, -0.05) is 36.0 Å². The number of nitrogens with zero attached hydrogens (tertiary/aromatic N) is 5. The molecular formula is C24H31FN6O4S. The highest BCUT2D eigenvalue weighted by atomic mass is 32.2. The second-order valence-corrected chi connectivity index (χ2v) is 9.48. The van der Waals surface area contributed by atoms with E-state index in [1.165, 1.54) is 10.7 Å². The Bertz CT molecular complexity index is 1510. The number of anilines is 1. The summed E-state index contributed by atoms with van der Waals surface area (Å²) in [7, 11) is 0. The van der Waals surface area contributed by atoms with Crippen LogP contribution in [0, 0.1) is 12.7 Å². The normalized spacial score (nSPS) is 34.9. The lowest BCUT2D eigenvalue weighted by Gasteiger charge is -2.17. The summed E-state index contributed by atoms with van der Waals surface area (Å²) in [6.07, 6.45) is -4.23. The molecule has 10 nitrogen and oxygen atoms in total. The Labute approximate surface area is 220 Å². The Morgan fingerprint density at radius 3 is 2.89 bits per heavy atom. The van der Waals surface area contributed by atoms with Crippen LogP contribution in [0.1, 0.15) is 57.5 Å². The van der Waals surface area contributed by atoms with Gasteiger partial charge in [0.2, 0.25) is 0 Å². The molecular weight excluding hydrogens is 487 g/mol. The third-order valence-electron chi connectivity index (χ3n) is 6.21. The maximum atomic E-state index is 14.3. The van der Waals surface area contributed by atoms with Crippen LogP contribution in [-0.2, 0) is 4.74 Å². The van der Waals surface area contributed by atoms with E-state index in [0.29, 0.717) is 11.1 Å². The molecule has 0 spiro atoms. The predicted molar refractivity (Wildman–Crippen MR) is 133 cm³/mol. The van der Waals surface area contributed by atoms with Gasteiger partial charge in [-0.3, -0.25) is 0 Å². The van der Waals surface area contributed by atoms with Crippen LogP contribution in [0.15, 0.2) is 23.4 Å². The van der Waals surface area contributed by atoms with Crippen molar-refractivity contribution in [3.8, 4) is 0 Å². The molecule has 5 rings (SSSR count). The first-order valence-corrected chi connectivity index (χ1v) is 12.4. The highest BCUT2D eigenvalue weighted by Crippen LogP contribution is 2.44. The van der Waals surface area contributed by atoms with E-state index in [-0.39, 0.29) is 41.4 Å². The van der Waals surface area contributed by atoms with E-state index < -0.39 is 61.0 Å². The van der Waals surface area contributed by atoms with E-state index in [0.717, 1.165) is 11.8 Å². The number of ether oxygens (including phenoxy) is 1. The smallest absolute Gasteiger partial charge is 0.191 e. The zero-order chi connectivity index (χ0) is 30.8. The minimum atomic E-state index is -2.46. The number of aryl methyl sites for hydroxylation is 1. The Morgan fingerprint density at radius 1 is 1.31 bits per heavy atom. The molecule has 3 aromatic rings. The first-order chi connectivity index (χ1) is 19.5. The number of aliphatic hydroxyl groups excluding tert-OH is 3. The van der Waals surface area contributed by atoms with Crippen molar-refractivity contribution in [2.75, 3.05) is 24.2 Å². The zero-order valence-corrected chi connectivity index (χ0v) is 20.5. The van der Waals surface area contributed by atoms with Gasteiger partial charge in [0, 0.05) is 28.1 Å². The molecule has 0 aliphatic heterocycles. The highest BCUT2D eigenvalue weighted by molar-refractivity contribution is 7.99. The largest absolute Gasteiger partial charge is 0.394 e. The predicted octanol–water partition coefficient (Wildman–Crippen LogP) is 2.18. The van der Waals surface area contributed by atoms with E-state index in [1.54, 1.807) is 26.0 Å². The van der Waals surface area contributed by atoms with Crippen molar-refractivity contribution >= 4 is 28.7 Å². The zero-order valence-electron chi connectivity index (χ0n) is 25.6. The van der Waals surface area contributed by atoms with Crippen molar-refractivity contribution in [3.63, 3.8) is 0 Å². The molecule has 6 atom stereocenters. The monoisotopic (exact) mass is 524 g/mol. The molecule has 194 valence electrons. The SMILES string of the molecule is [2H]C([2H])(CO)O[C@H]1C[C@@H](n2nnc3c(N[C@]4([2H])C[C@@]4([2H])c4ccc(C)c(F)c4)nc(SC([2H])([2H])CC)nc32)[C@H](O)[C@@H]1O. The lowest BCUT2D eigenvalue weighted by molar-refractivity contribution is -0.0629. The van der Waals surface area contributed by atoms with Crippen LogP contribution in [0.25, 0.3) is 11.2 Å². The lowest BCUT2D eigenvalue weighted by Crippen LogP contribution is -2.33. The molecule has 0 unspecified atom stereocenters. The number of aliphatic hydroxyl groups is 3. The van der Waals surface area contributed by atoms with Crippen LogP contribution in [0.2, 0.25) is 0 Å². The summed E-state index contributed by atoms with van der Waals surface area (Å²) in [4.78, 5) is 8.81. The number of hydrogen-bond acceptors (Lipinski definition) is 10. The molecule has 1 aromatic carbocycles. The van der Waals surface area contributed by atoms with E-state index in [1.807, 2.05) is 0 Å². The molecule has 2 fully saturated rings. The Kier molecular flexibility index (Phi) is 5.51. The molecule has 0 saturated heterocycles. The molecule has 2 aromatic heterocycles. The first-order valence-electron chi connectivity index (χ1n) is 14.5. The van der Waals surface area contributed by atoms with Crippen molar-refractivity contribution in [2.45, 2.75) is 74.5 Å². The Hall–Kier alpha value is -2.38. The fraction of sp³-hybridized carbons (Fsp3) is 0.583. The van der Waals surface area contributed by atoms with Crippen molar-refractivity contribution in [1.82, 2.24) is 25.0 Å². The number of thioether (sulfide) groups is 1. The van der Waals surface area contributed by atoms with E-state index >= 15 is 0 Å². The number of halogens is 1. The summed E-state index contributed by atoms with van der Waals surface area (Å²) < 4.78 is 70.3. The fourth-order valence-corrected chi connectivity index (χ4v) is 4.77. The molecule has 36 heavy (non-hydrogen) atoms. The summed E-state index contributed by atoms with van der Waals surface area (Å²) in [5, 5.41) is 41.7. The minimum Gasteiger partial charge on any atom is -0.394 e. The number of rotatable bonds is 10. The van der Waals surface area contributed by atoms with Crippen LogP contribution in [0.5, 0.6) is 0 Å². The maximum absolute atomic E-state index is 14.3. The lowest BCUT2D eigenvalue weighted by atomic mass is 10.1. The Morgan fingerprint density at radius 2 is 2.14 bits per heavy atom. The number of hydrogen-bond donors (Lipinski definition) is 4. The van der Waals surface area contributed by atoms with Gasteiger partial charge in [-0.15, -0.1) is 5.10 Å². The van der Waals surface area contributed by atoms with Crippen molar-refractivity contribution in [3.05, 3.63) is 35.1 Å². The summed E-state index contributed by atoms with van der Waals surface area (Å²) >= 11 is 0.719. The third-order valence-corrected chi connectivity index (χ3v) is 7.00. The molecule has 12 heteroatoms. The number of benzene rings is 1. The molecule has 2 heterocycles.